The highest BCUT2D eigenvalue weighted by molar-refractivity contribution is 7.71. The molecule has 0 bridgehead atoms. The van der Waals surface area contributed by atoms with Crippen LogP contribution in [0.5, 0.6) is 0 Å². The number of amides is 1. The van der Waals surface area contributed by atoms with E-state index in [2.05, 4.69) is 4.98 Å². The molecule has 0 aliphatic heterocycles. The van der Waals surface area contributed by atoms with Gasteiger partial charge in [-0.25, -0.2) is 0 Å². The van der Waals surface area contributed by atoms with Gasteiger partial charge in [-0.2, -0.15) is 0 Å². The summed E-state index contributed by atoms with van der Waals surface area (Å²) in [5.41, 5.74) is 0.759. The Morgan fingerprint density at radius 1 is 1.45 bits per heavy atom. The van der Waals surface area contributed by atoms with Crippen LogP contribution < -0.4 is 5.56 Å². The van der Waals surface area contributed by atoms with Crippen LogP contribution in [0.1, 0.15) is 17.4 Å². The summed E-state index contributed by atoms with van der Waals surface area (Å²) in [4.78, 5) is 31.0. The second-order valence-corrected chi connectivity index (χ2v) is 6.33. The molecule has 0 aromatic carbocycles. The number of likely N-dealkylation sites (N-methyl/N-ethyl adjacent to an activating group) is 1. The van der Waals surface area contributed by atoms with E-state index in [-0.39, 0.29) is 18.0 Å². The van der Waals surface area contributed by atoms with E-state index in [0.29, 0.717) is 16.7 Å². The minimum Gasteiger partial charge on any atom is -0.344 e. The van der Waals surface area contributed by atoms with Crippen LogP contribution in [-0.4, -0.2) is 34.0 Å². The molecular weight excluding hydrogens is 294 g/mol. The van der Waals surface area contributed by atoms with Crippen LogP contribution in [-0.2, 0) is 11.3 Å². The van der Waals surface area contributed by atoms with E-state index in [1.165, 1.54) is 15.9 Å². The molecule has 0 saturated carbocycles. The lowest BCUT2D eigenvalue weighted by atomic mass is 10.2. The monoisotopic (exact) mass is 311 g/mol. The number of carbonyl (C=O) groups is 1. The number of nitrogens with zero attached hydrogens (tertiary/aromatic N) is 2. The molecule has 2 aromatic rings. The number of hydrogen-bond acceptors (Lipinski definition) is 4. The lowest BCUT2D eigenvalue weighted by Crippen LogP contribution is -2.34. The van der Waals surface area contributed by atoms with Crippen molar-refractivity contribution in [1.82, 2.24) is 14.5 Å². The molecule has 0 spiro atoms. The van der Waals surface area contributed by atoms with E-state index < -0.39 is 0 Å². The van der Waals surface area contributed by atoms with Crippen molar-refractivity contribution in [2.45, 2.75) is 27.3 Å². The summed E-state index contributed by atoms with van der Waals surface area (Å²) in [6.07, 6.45) is 0. The number of thiophene rings is 1. The van der Waals surface area contributed by atoms with Gasteiger partial charge in [-0.05, 0) is 38.6 Å². The lowest BCUT2D eigenvalue weighted by molar-refractivity contribution is -0.130. The van der Waals surface area contributed by atoms with Gasteiger partial charge in [0.15, 0.2) is 4.77 Å². The molecule has 1 N–H and O–H groups in total. The van der Waals surface area contributed by atoms with E-state index in [4.69, 9.17) is 12.2 Å². The number of aromatic amines is 1. The average molecular weight is 311 g/mol. The largest absolute Gasteiger partial charge is 0.344 e. The quantitative estimate of drug-likeness (QED) is 0.884. The smallest absolute Gasteiger partial charge is 0.263 e. The molecule has 2 aromatic heterocycles. The van der Waals surface area contributed by atoms with Crippen LogP contribution in [0.25, 0.3) is 10.2 Å². The molecule has 2 heterocycles. The highest BCUT2D eigenvalue weighted by Gasteiger charge is 2.15. The van der Waals surface area contributed by atoms with Gasteiger partial charge in [0, 0.05) is 18.5 Å². The van der Waals surface area contributed by atoms with Gasteiger partial charge in [0.1, 0.15) is 11.4 Å². The fourth-order valence-corrected chi connectivity index (χ4v) is 3.31. The molecule has 0 saturated heterocycles. The van der Waals surface area contributed by atoms with Crippen LogP contribution in [0, 0.1) is 18.6 Å². The van der Waals surface area contributed by atoms with Crippen molar-refractivity contribution in [3.8, 4) is 0 Å². The molecule has 0 fully saturated rings. The van der Waals surface area contributed by atoms with Gasteiger partial charge in [-0.3, -0.25) is 14.2 Å². The van der Waals surface area contributed by atoms with Crippen molar-refractivity contribution in [3.63, 3.8) is 0 Å². The van der Waals surface area contributed by atoms with Gasteiger partial charge in [0.2, 0.25) is 5.91 Å². The first kappa shape index (κ1) is 14.9. The number of aryl methyl sites for hydroxylation is 2. The van der Waals surface area contributed by atoms with Crippen LogP contribution in [0.15, 0.2) is 4.79 Å². The Hall–Kier alpha value is -1.47. The van der Waals surface area contributed by atoms with Crippen molar-refractivity contribution in [2.24, 2.45) is 0 Å². The van der Waals surface area contributed by atoms with Gasteiger partial charge >= 0.3 is 0 Å². The van der Waals surface area contributed by atoms with Crippen molar-refractivity contribution >= 4 is 39.7 Å². The molecule has 5 nitrogen and oxygen atoms in total. The highest BCUT2D eigenvalue weighted by Crippen LogP contribution is 2.25. The number of carbonyl (C=O) groups excluding carboxylic acids is 1. The second kappa shape index (κ2) is 5.49. The van der Waals surface area contributed by atoms with Crippen LogP contribution >= 0.6 is 23.6 Å². The molecule has 108 valence electrons. The predicted molar refractivity (Wildman–Crippen MR) is 84.1 cm³/mol. The molecule has 0 aliphatic carbocycles. The van der Waals surface area contributed by atoms with E-state index in [0.717, 1.165) is 15.3 Å². The van der Waals surface area contributed by atoms with Gasteiger partial charge in [-0.15, -0.1) is 11.3 Å². The van der Waals surface area contributed by atoms with Crippen LogP contribution in [0.2, 0.25) is 0 Å². The first-order valence-corrected chi connectivity index (χ1v) is 7.56. The zero-order valence-electron chi connectivity index (χ0n) is 11.9. The van der Waals surface area contributed by atoms with E-state index >= 15 is 0 Å². The van der Waals surface area contributed by atoms with Crippen molar-refractivity contribution < 1.29 is 4.79 Å². The van der Waals surface area contributed by atoms with E-state index in [9.17, 15) is 9.59 Å². The van der Waals surface area contributed by atoms with Gasteiger partial charge in [-0.1, -0.05) is 0 Å². The minimum absolute atomic E-state index is 0.0250. The fourth-order valence-electron chi connectivity index (χ4n) is 1.94. The van der Waals surface area contributed by atoms with Gasteiger partial charge < -0.3 is 9.88 Å². The summed E-state index contributed by atoms with van der Waals surface area (Å²) in [5, 5.41) is 0.632. The molecule has 0 aliphatic rings. The number of aromatic nitrogens is 2. The maximum atomic E-state index is 12.5. The molecule has 7 heteroatoms. The minimum atomic E-state index is -0.191. The molecule has 0 unspecified atom stereocenters. The maximum absolute atomic E-state index is 12.5. The highest BCUT2D eigenvalue weighted by atomic mass is 32.1. The third-order valence-corrected chi connectivity index (χ3v) is 4.95. The Morgan fingerprint density at radius 3 is 2.70 bits per heavy atom. The Bertz CT molecular complexity index is 785. The zero-order valence-corrected chi connectivity index (χ0v) is 13.6. The molecular formula is C13H17N3O2S2. The Morgan fingerprint density at radius 2 is 2.10 bits per heavy atom. The average Bonchev–Trinajstić information content (AvgIpc) is 2.68. The number of nitrogens with one attached hydrogen (secondary N) is 1. The normalized spacial score (nSPS) is 11.0. The summed E-state index contributed by atoms with van der Waals surface area (Å²) in [5.74, 6) is -0.127. The summed E-state index contributed by atoms with van der Waals surface area (Å²) >= 11 is 6.72. The number of H-pyrrole nitrogens is 1. The maximum Gasteiger partial charge on any atom is 0.263 e. The van der Waals surface area contributed by atoms with E-state index in [1.807, 2.05) is 20.8 Å². The third kappa shape index (κ3) is 2.43. The Labute approximate surface area is 125 Å². The van der Waals surface area contributed by atoms with Gasteiger partial charge in [0.25, 0.3) is 5.56 Å². The summed E-state index contributed by atoms with van der Waals surface area (Å²) in [6.45, 7) is 6.34. The Kier molecular flexibility index (Phi) is 4.10. The number of hydrogen-bond donors (Lipinski definition) is 1. The lowest BCUT2D eigenvalue weighted by Gasteiger charge is -2.15. The molecule has 20 heavy (non-hydrogen) atoms. The molecule has 0 atom stereocenters. The second-order valence-electron chi connectivity index (χ2n) is 4.72. The SMILES string of the molecule is CCN(C)C(=O)Cn1c(=S)[nH]c2sc(C)c(C)c2c1=O. The number of rotatable bonds is 3. The van der Waals surface area contributed by atoms with Crippen molar-refractivity contribution in [2.75, 3.05) is 13.6 Å². The number of fused-ring (bicyclic) bond motifs is 1. The first-order chi connectivity index (χ1) is 9.36. The van der Waals surface area contributed by atoms with Gasteiger partial charge in [0.05, 0.1) is 5.39 Å². The van der Waals surface area contributed by atoms with E-state index in [1.54, 1.807) is 11.9 Å². The molecule has 1 amide bonds. The van der Waals surface area contributed by atoms with Crippen LogP contribution in [0.3, 0.4) is 0 Å². The topological polar surface area (TPSA) is 58.1 Å². The van der Waals surface area contributed by atoms with Crippen molar-refractivity contribution in [3.05, 3.63) is 25.6 Å². The Balaban J connectivity index is 2.60. The molecule has 0 radical (unpaired) electrons. The zero-order chi connectivity index (χ0) is 15.0. The summed E-state index contributed by atoms with van der Waals surface area (Å²) < 4.78 is 1.63. The summed E-state index contributed by atoms with van der Waals surface area (Å²) in [6, 6.07) is 0. The molecule has 2 rings (SSSR count). The first-order valence-electron chi connectivity index (χ1n) is 6.33. The third-order valence-electron chi connectivity index (χ3n) is 3.50. The predicted octanol–water partition coefficient (Wildman–Crippen LogP) is 2.22. The standard InChI is InChI=1S/C13H17N3O2S2/c1-5-15(4)9(17)6-16-12(18)10-7(2)8(3)20-11(10)14-13(16)19/h5-6H2,1-4H3,(H,14,19). The fraction of sp³-hybridized carbons (Fsp3) is 0.462. The summed E-state index contributed by atoms with van der Waals surface area (Å²) in [7, 11) is 1.71. The van der Waals surface area contributed by atoms with Crippen LogP contribution in [0.4, 0.5) is 0 Å². The van der Waals surface area contributed by atoms with Crippen molar-refractivity contribution in [1.29, 1.82) is 0 Å².